The number of ketones is 1. The average Bonchev–Trinajstić information content (AvgIpc) is 2.94. The molecule has 7 nitrogen and oxygen atoms in total. The molecule has 0 radical (unpaired) electrons. The lowest BCUT2D eigenvalue weighted by atomic mass is 10.0. The summed E-state index contributed by atoms with van der Waals surface area (Å²) in [5.74, 6) is 0.911. The van der Waals surface area contributed by atoms with E-state index in [2.05, 4.69) is 9.97 Å². The number of hydrogen-bond donors (Lipinski definition) is 0. The van der Waals surface area contributed by atoms with Crippen LogP contribution in [-0.4, -0.2) is 20.2 Å². The standard InChI is InChI=1S/C29H23N3O4/c1-20-28(31-26-4-2-3-17-32(26)29(20)34)36-19-21-5-7-23(8-6-21)27(33)24-9-11-25(12-10-24)35-18-22-13-15-30-16-14-22/h2-17H,18-19H2,1H3. The molecule has 2 aromatic carbocycles. The van der Waals surface area contributed by atoms with Crippen molar-refractivity contribution in [2.45, 2.75) is 20.1 Å². The quantitative estimate of drug-likeness (QED) is 0.299. The summed E-state index contributed by atoms with van der Waals surface area (Å²) in [6.07, 6.45) is 5.13. The Balaban J connectivity index is 1.22. The van der Waals surface area contributed by atoms with Crippen molar-refractivity contribution in [2.75, 3.05) is 0 Å². The summed E-state index contributed by atoms with van der Waals surface area (Å²) in [4.78, 5) is 33.9. The van der Waals surface area contributed by atoms with Crippen molar-refractivity contribution >= 4 is 11.4 Å². The summed E-state index contributed by atoms with van der Waals surface area (Å²) in [6, 6.07) is 23.5. The van der Waals surface area contributed by atoms with Crippen molar-refractivity contribution < 1.29 is 14.3 Å². The lowest BCUT2D eigenvalue weighted by Gasteiger charge is -2.10. The van der Waals surface area contributed by atoms with Crippen molar-refractivity contribution in [3.63, 3.8) is 0 Å². The Kier molecular flexibility index (Phi) is 6.53. The maximum Gasteiger partial charge on any atom is 0.264 e. The van der Waals surface area contributed by atoms with Crippen molar-refractivity contribution in [1.82, 2.24) is 14.4 Å². The van der Waals surface area contributed by atoms with Gasteiger partial charge < -0.3 is 9.47 Å². The summed E-state index contributed by atoms with van der Waals surface area (Å²) in [5.41, 5.74) is 3.84. The predicted molar refractivity (Wildman–Crippen MR) is 135 cm³/mol. The van der Waals surface area contributed by atoms with Crippen LogP contribution in [0.2, 0.25) is 0 Å². The molecule has 0 aliphatic rings. The summed E-state index contributed by atoms with van der Waals surface area (Å²) >= 11 is 0. The lowest BCUT2D eigenvalue weighted by Crippen LogP contribution is -2.19. The van der Waals surface area contributed by atoms with Gasteiger partial charge >= 0.3 is 0 Å². The fourth-order valence-corrected chi connectivity index (χ4v) is 3.72. The van der Waals surface area contributed by atoms with Crippen LogP contribution in [0.25, 0.3) is 5.65 Å². The topological polar surface area (TPSA) is 82.8 Å². The van der Waals surface area contributed by atoms with Crippen molar-refractivity contribution in [3.8, 4) is 11.6 Å². The number of fused-ring (bicyclic) bond motifs is 1. The molecule has 7 heteroatoms. The van der Waals surface area contributed by atoms with Gasteiger partial charge in [-0.05, 0) is 66.6 Å². The monoisotopic (exact) mass is 477 g/mol. The van der Waals surface area contributed by atoms with Gasteiger partial charge in [0.1, 0.15) is 24.6 Å². The fraction of sp³-hybridized carbons (Fsp3) is 0.103. The van der Waals surface area contributed by atoms with Crippen molar-refractivity contribution in [3.05, 3.63) is 136 Å². The van der Waals surface area contributed by atoms with E-state index < -0.39 is 0 Å². The molecule has 3 heterocycles. The van der Waals surface area contributed by atoms with Gasteiger partial charge in [-0.1, -0.05) is 30.3 Å². The number of carbonyl (C=O) groups is 1. The summed E-state index contributed by atoms with van der Waals surface area (Å²) < 4.78 is 13.1. The SMILES string of the molecule is Cc1c(OCc2ccc(C(=O)c3ccc(OCc4ccncc4)cc3)cc2)nc2ccccn2c1=O. The molecule has 0 bridgehead atoms. The average molecular weight is 478 g/mol. The fourth-order valence-electron chi connectivity index (χ4n) is 3.72. The molecule has 0 aliphatic carbocycles. The van der Waals surface area contributed by atoms with Crippen LogP contribution in [0.1, 0.15) is 32.6 Å². The van der Waals surface area contributed by atoms with Gasteiger partial charge in [-0.2, -0.15) is 4.98 Å². The normalized spacial score (nSPS) is 10.8. The molecule has 36 heavy (non-hydrogen) atoms. The van der Waals surface area contributed by atoms with E-state index >= 15 is 0 Å². The highest BCUT2D eigenvalue weighted by Gasteiger charge is 2.12. The van der Waals surface area contributed by atoms with Crippen LogP contribution in [0.3, 0.4) is 0 Å². The Labute approximate surface area is 207 Å². The van der Waals surface area contributed by atoms with Crippen LogP contribution in [-0.2, 0) is 13.2 Å². The molecular formula is C29H23N3O4. The van der Waals surface area contributed by atoms with Crippen LogP contribution >= 0.6 is 0 Å². The number of ether oxygens (including phenoxy) is 2. The Bertz CT molecular complexity index is 1560. The van der Waals surface area contributed by atoms with Crippen LogP contribution in [0.5, 0.6) is 11.6 Å². The molecule has 178 valence electrons. The van der Waals surface area contributed by atoms with Crippen LogP contribution in [0.4, 0.5) is 0 Å². The zero-order chi connectivity index (χ0) is 24.9. The van der Waals surface area contributed by atoms with Gasteiger partial charge in [0.25, 0.3) is 5.56 Å². The van der Waals surface area contributed by atoms with Crippen LogP contribution in [0, 0.1) is 6.92 Å². The largest absolute Gasteiger partial charge is 0.489 e. The second kappa shape index (κ2) is 10.2. The van der Waals surface area contributed by atoms with Crippen LogP contribution < -0.4 is 15.0 Å². The third kappa shape index (κ3) is 5.00. The Morgan fingerprint density at radius 2 is 1.44 bits per heavy atom. The van der Waals surface area contributed by atoms with Gasteiger partial charge in [0.2, 0.25) is 5.88 Å². The van der Waals surface area contributed by atoms with Crippen LogP contribution in [0.15, 0.2) is 102 Å². The molecular weight excluding hydrogens is 454 g/mol. The lowest BCUT2D eigenvalue weighted by molar-refractivity contribution is 0.103. The van der Waals surface area contributed by atoms with E-state index in [1.54, 1.807) is 74.0 Å². The third-order valence-corrected chi connectivity index (χ3v) is 5.78. The van der Waals surface area contributed by atoms with E-state index in [1.165, 1.54) is 4.40 Å². The molecule has 0 saturated heterocycles. The maximum absolute atomic E-state index is 12.9. The van der Waals surface area contributed by atoms with Gasteiger partial charge in [-0.15, -0.1) is 0 Å². The maximum atomic E-state index is 12.9. The van der Waals surface area contributed by atoms with Gasteiger partial charge in [0, 0.05) is 29.7 Å². The Morgan fingerprint density at radius 3 is 2.17 bits per heavy atom. The number of rotatable bonds is 8. The minimum absolute atomic E-state index is 0.0804. The first-order valence-corrected chi connectivity index (χ1v) is 11.4. The Hall–Kier alpha value is -4.78. The van der Waals surface area contributed by atoms with Gasteiger partial charge in [0.05, 0.1) is 5.56 Å². The first-order chi connectivity index (χ1) is 17.6. The number of aromatic nitrogens is 3. The highest BCUT2D eigenvalue weighted by Crippen LogP contribution is 2.18. The smallest absolute Gasteiger partial charge is 0.264 e. The minimum atomic E-state index is -0.162. The third-order valence-electron chi connectivity index (χ3n) is 5.78. The second-order valence-corrected chi connectivity index (χ2v) is 8.26. The molecule has 3 aromatic heterocycles. The summed E-state index contributed by atoms with van der Waals surface area (Å²) in [6.45, 7) is 2.36. The number of pyridine rings is 2. The van der Waals surface area contributed by atoms with E-state index in [9.17, 15) is 9.59 Å². The molecule has 0 N–H and O–H groups in total. The van der Waals surface area contributed by atoms with Gasteiger partial charge in [0.15, 0.2) is 5.78 Å². The van der Waals surface area contributed by atoms with Crippen molar-refractivity contribution in [1.29, 1.82) is 0 Å². The molecule has 5 aromatic rings. The molecule has 0 fully saturated rings. The zero-order valence-corrected chi connectivity index (χ0v) is 19.6. The molecule has 0 saturated carbocycles. The zero-order valence-electron chi connectivity index (χ0n) is 19.6. The molecule has 0 unspecified atom stereocenters. The molecule has 5 rings (SSSR count). The minimum Gasteiger partial charge on any atom is -0.489 e. The number of carbonyl (C=O) groups excluding carboxylic acids is 1. The summed E-state index contributed by atoms with van der Waals surface area (Å²) in [5, 5.41) is 0. The first-order valence-electron chi connectivity index (χ1n) is 11.4. The predicted octanol–water partition coefficient (Wildman–Crippen LogP) is 4.79. The highest BCUT2D eigenvalue weighted by molar-refractivity contribution is 6.09. The number of nitrogens with zero attached hydrogens (tertiary/aromatic N) is 3. The van der Waals surface area contributed by atoms with E-state index in [1.807, 2.05) is 30.3 Å². The van der Waals surface area contributed by atoms with E-state index in [0.29, 0.717) is 40.6 Å². The van der Waals surface area contributed by atoms with Gasteiger partial charge in [-0.3, -0.25) is 19.0 Å². The molecule has 0 amide bonds. The van der Waals surface area contributed by atoms with E-state index in [4.69, 9.17) is 9.47 Å². The van der Waals surface area contributed by atoms with Crippen molar-refractivity contribution in [2.24, 2.45) is 0 Å². The number of benzene rings is 2. The number of hydrogen-bond acceptors (Lipinski definition) is 6. The first kappa shape index (κ1) is 23.0. The summed E-state index contributed by atoms with van der Waals surface area (Å²) in [7, 11) is 0. The molecule has 0 aliphatic heterocycles. The van der Waals surface area contributed by atoms with E-state index in [0.717, 1.165) is 11.1 Å². The van der Waals surface area contributed by atoms with Gasteiger partial charge in [-0.25, -0.2) is 0 Å². The second-order valence-electron chi connectivity index (χ2n) is 8.26. The molecule has 0 atom stereocenters. The highest BCUT2D eigenvalue weighted by atomic mass is 16.5. The molecule has 0 spiro atoms. The Morgan fingerprint density at radius 1 is 0.806 bits per heavy atom. The van der Waals surface area contributed by atoms with E-state index in [-0.39, 0.29) is 17.9 Å².